The van der Waals surface area contributed by atoms with Crippen LogP contribution in [0, 0.1) is 6.92 Å². The summed E-state index contributed by atoms with van der Waals surface area (Å²) in [6.45, 7) is 4.20. The van der Waals surface area contributed by atoms with Gasteiger partial charge in [-0.25, -0.2) is 4.68 Å². The van der Waals surface area contributed by atoms with Crippen LogP contribution in [0.3, 0.4) is 0 Å². The van der Waals surface area contributed by atoms with E-state index in [9.17, 15) is 0 Å². The molecule has 1 atom stereocenters. The van der Waals surface area contributed by atoms with Crippen molar-refractivity contribution in [2.45, 2.75) is 30.8 Å². The Hall–Kier alpha value is -2.16. The first-order chi connectivity index (χ1) is 9.72. The lowest BCUT2D eigenvalue weighted by Crippen LogP contribution is -2.04. The molecule has 0 unspecified atom stereocenters. The summed E-state index contributed by atoms with van der Waals surface area (Å²) in [5.41, 5.74) is 0. The Morgan fingerprint density at radius 2 is 2.25 bits per heavy atom. The summed E-state index contributed by atoms with van der Waals surface area (Å²) < 4.78 is 12.4. The van der Waals surface area contributed by atoms with E-state index < -0.39 is 0 Å². The Morgan fingerprint density at radius 1 is 1.35 bits per heavy atom. The van der Waals surface area contributed by atoms with Crippen LogP contribution in [-0.2, 0) is 6.54 Å². The summed E-state index contributed by atoms with van der Waals surface area (Å²) in [7, 11) is 0. The SMILES string of the molecule is Cc1nnc([C@@H](C)Sc2nnnn2Cc2ccco2)o1. The van der Waals surface area contributed by atoms with Crippen molar-refractivity contribution in [1.29, 1.82) is 0 Å². The zero-order valence-corrected chi connectivity index (χ0v) is 11.7. The molecule has 8 nitrogen and oxygen atoms in total. The van der Waals surface area contributed by atoms with Crippen LogP contribution in [0.15, 0.2) is 32.4 Å². The monoisotopic (exact) mass is 292 g/mol. The topological polar surface area (TPSA) is 95.7 Å². The molecule has 0 N–H and O–H groups in total. The highest BCUT2D eigenvalue weighted by molar-refractivity contribution is 7.99. The first kappa shape index (κ1) is 12.9. The number of tetrazole rings is 1. The second kappa shape index (κ2) is 5.45. The van der Waals surface area contributed by atoms with Crippen molar-refractivity contribution in [3.8, 4) is 0 Å². The second-order valence-electron chi connectivity index (χ2n) is 4.12. The highest BCUT2D eigenvalue weighted by atomic mass is 32.2. The molecule has 104 valence electrons. The van der Waals surface area contributed by atoms with Crippen LogP contribution < -0.4 is 0 Å². The van der Waals surface area contributed by atoms with E-state index in [1.165, 1.54) is 11.8 Å². The van der Waals surface area contributed by atoms with Crippen molar-refractivity contribution in [1.82, 2.24) is 30.4 Å². The zero-order chi connectivity index (χ0) is 13.9. The van der Waals surface area contributed by atoms with Gasteiger partial charge in [-0.2, -0.15) is 0 Å². The van der Waals surface area contributed by atoms with Crippen LogP contribution in [0.25, 0.3) is 0 Å². The van der Waals surface area contributed by atoms with E-state index in [-0.39, 0.29) is 5.25 Å². The molecule has 3 aromatic heterocycles. The Bertz CT molecular complexity index is 677. The predicted octanol–water partition coefficient (Wildman–Crippen LogP) is 1.86. The molecule has 0 saturated carbocycles. The maximum absolute atomic E-state index is 5.40. The van der Waals surface area contributed by atoms with E-state index in [2.05, 4.69) is 25.7 Å². The molecule has 0 spiro atoms. The van der Waals surface area contributed by atoms with Crippen molar-refractivity contribution in [2.75, 3.05) is 0 Å². The summed E-state index contributed by atoms with van der Waals surface area (Å²) in [6, 6.07) is 3.71. The Balaban J connectivity index is 1.73. The molecule has 9 heteroatoms. The van der Waals surface area contributed by atoms with Gasteiger partial charge in [-0.1, -0.05) is 11.8 Å². The average molecular weight is 292 g/mol. The lowest BCUT2D eigenvalue weighted by molar-refractivity contribution is 0.460. The number of furan rings is 1. The van der Waals surface area contributed by atoms with Crippen LogP contribution in [0.4, 0.5) is 0 Å². The molecule has 0 radical (unpaired) electrons. The molecular weight excluding hydrogens is 280 g/mol. The van der Waals surface area contributed by atoms with E-state index in [1.54, 1.807) is 17.9 Å². The highest BCUT2D eigenvalue weighted by Gasteiger charge is 2.18. The van der Waals surface area contributed by atoms with Gasteiger partial charge in [0.15, 0.2) is 0 Å². The van der Waals surface area contributed by atoms with Gasteiger partial charge in [0.05, 0.1) is 11.5 Å². The molecule has 0 aliphatic carbocycles. The van der Waals surface area contributed by atoms with Gasteiger partial charge >= 0.3 is 0 Å². The fourth-order valence-electron chi connectivity index (χ4n) is 1.61. The van der Waals surface area contributed by atoms with E-state index in [0.29, 0.717) is 23.5 Å². The summed E-state index contributed by atoms with van der Waals surface area (Å²) in [5, 5.41) is 20.1. The molecule has 0 fully saturated rings. The van der Waals surface area contributed by atoms with Crippen molar-refractivity contribution < 1.29 is 8.83 Å². The van der Waals surface area contributed by atoms with E-state index >= 15 is 0 Å². The zero-order valence-electron chi connectivity index (χ0n) is 10.9. The molecule has 0 aliphatic heterocycles. The van der Waals surface area contributed by atoms with Gasteiger partial charge in [0.2, 0.25) is 16.9 Å². The minimum absolute atomic E-state index is 0.0300. The molecule has 0 amide bonds. The lowest BCUT2D eigenvalue weighted by atomic mass is 10.4. The first-order valence-corrected chi connectivity index (χ1v) is 6.85. The van der Waals surface area contributed by atoms with Gasteiger partial charge in [0, 0.05) is 6.92 Å². The number of nitrogens with zero attached hydrogens (tertiary/aromatic N) is 6. The molecule has 0 bridgehead atoms. The van der Waals surface area contributed by atoms with Crippen molar-refractivity contribution in [3.63, 3.8) is 0 Å². The quantitative estimate of drug-likeness (QED) is 0.657. The minimum Gasteiger partial charge on any atom is -0.467 e. The molecule has 20 heavy (non-hydrogen) atoms. The molecule has 3 rings (SSSR count). The molecule has 0 aliphatic rings. The first-order valence-electron chi connectivity index (χ1n) is 5.97. The molecule has 0 saturated heterocycles. The third kappa shape index (κ3) is 2.72. The number of hydrogen-bond acceptors (Lipinski definition) is 8. The molecule has 0 aromatic carbocycles. The van der Waals surface area contributed by atoms with Gasteiger partial charge in [-0.05, 0) is 29.5 Å². The predicted molar refractivity (Wildman–Crippen MR) is 68.9 cm³/mol. The van der Waals surface area contributed by atoms with Gasteiger partial charge in [-0.15, -0.1) is 15.3 Å². The summed E-state index contributed by atoms with van der Waals surface area (Å²) in [6.07, 6.45) is 1.62. The van der Waals surface area contributed by atoms with Gasteiger partial charge in [0.1, 0.15) is 12.3 Å². The van der Waals surface area contributed by atoms with Crippen LogP contribution in [-0.4, -0.2) is 30.4 Å². The van der Waals surface area contributed by atoms with Crippen molar-refractivity contribution in [2.24, 2.45) is 0 Å². The van der Waals surface area contributed by atoms with E-state index in [0.717, 1.165) is 5.76 Å². The fraction of sp³-hybridized carbons (Fsp3) is 0.364. The maximum Gasteiger partial charge on any atom is 0.229 e. The van der Waals surface area contributed by atoms with Crippen LogP contribution >= 0.6 is 11.8 Å². The van der Waals surface area contributed by atoms with E-state index in [4.69, 9.17) is 8.83 Å². The summed E-state index contributed by atoms with van der Waals surface area (Å²) >= 11 is 1.45. The Labute approximate surface area is 118 Å². The summed E-state index contributed by atoms with van der Waals surface area (Å²) in [5.74, 6) is 1.89. The normalized spacial score (nSPS) is 12.7. The van der Waals surface area contributed by atoms with Crippen LogP contribution in [0.1, 0.15) is 29.7 Å². The van der Waals surface area contributed by atoms with Crippen LogP contribution in [0.5, 0.6) is 0 Å². The van der Waals surface area contributed by atoms with E-state index in [1.807, 2.05) is 19.1 Å². The van der Waals surface area contributed by atoms with Crippen LogP contribution in [0.2, 0.25) is 0 Å². The standard InChI is InChI=1S/C11H12N6O2S/c1-7(10-13-12-8(2)19-10)20-11-14-15-16-17(11)6-9-4-3-5-18-9/h3-5,7H,6H2,1-2H3/t7-/m1/s1. The molecule has 3 aromatic rings. The number of hydrogen-bond donors (Lipinski definition) is 0. The van der Waals surface area contributed by atoms with Gasteiger partial charge < -0.3 is 8.83 Å². The number of rotatable bonds is 5. The Morgan fingerprint density at radius 3 is 2.95 bits per heavy atom. The van der Waals surface area contributed by atoms with Gasteiger partial charge in [-0.3, -0.25) is 0 Å². The largest absolute Gasteiger partial charge is 0.467 e. The number of aryl methyl sites for hydroxylation is 1. The van der Waals surface area contributed by atoms with Gasteiger partial charge in [0.25, 0.3) is 0 Å². The molecular formula is C11H12N6O2S. The second-order valence-corrected chi connectivity index (χ2v) is 5.43. The van der Waals surface area contributed by atoms with Crippen molar-refractivity contribution >= 4 is 11.8 Å². The highest BCUT2D eigenvalue weighted by Crippen LogP contribution is 2.32. The summed E-state index contributed by atoms with van der Waals surface area (Å²) in [4.78, 5) is 0. The third-order valence-corrected chi connectivity index (χ3v) is 3.61. The average Bonchev–Trinajstić information content (AvgIpc) is 3.13. The third-order valence-electron chi connectivity index (χ3n) is 2.56. The fourth-order valence-corrected chi connectivity index (χ4v) is 2.43. The lowest BCUT2D eigenvalue weighted by Gasteiger charge is -2.06. The smallest absolute Gasteiger partial charge is 0.229 e. The number of thioether (sulfide) groups is 1. The maximum atomic E-state index is 5.40. The Kier molecular flexibility index (Phi) is 3.50. The molecule has 3 heterocycles. The number of aromatic nitrogens is 6. The minimum atomic E-state index is -0.0300. The van der Waals surface area contributed by atoms with Crippen molar-refractivity contribution in [3.05, 3.63) is 35.9 Å².